The largest absolute Gasteiger partial charge is 0.495 e. The van der Waals surface area contributed by atoms with Gasteiger partial charge in [0.2, 0.25) is 0 Å². The number of methoxy groups -OCH3 is 1. The second-order valence-corrected chi connectivity index (χ2v) is 4.36. The van der Waals surface area contributed by atoms with Crippen molar-refractivity contribution in [2.75, 3.05) is 13.7 Å². The lowest BCUT2D eigenvalue weighted by Crippen LogP contribution is -2.24. The molecule has 0 bridgehead atoms. The Morgan fingerprint density at radius 3 is 2.53 bits per heavy atom. The molecule has 2 aromatic heterocycles. The Hall–Kier alpha value is -1.65. The van der Waals surface area contributed by atoms with Gasteiger partial charge in [-0.2, -0.15) is 0 Å². The van der Waals surface area contributed by atoms with Gasteiger partial charge in [0.25, 0.3) is 0 Å². The van der Waals surface area contributed by atoms with Crippen molar-refractivity contribution in [2.45, 2.75) is 13.0 Å². The molecular weight excluding hydrogens is 262 g/mol. The Kier molecular flexibility index (Phi) is 4.71. The number of halogens is 1. The lowest BCUT2D eigenvalue weighted by molar-refractivity contribution is 0.400. The van der Waals surface area contributed by atoms with E-state index in [2.05, 4.69) is 15.3 Å². The van der Waals surface area contributed by atoms with Gasteiger partial charge in [0, 0.05) is 12.4 Å². The van der Waals surface area contributed by atoms with Crippen LogP contribution in [0.2, 0.25) is 5.02 Å². The summed E-state index contributed by atoms with van der Waals surface area (Å²) in [5, 5.41) is 3.95. The van der Waals surface area contributed by atoms with Crippen LogP contribution in [0.3, 0.4) is 0 Å². The maximum Gasteiger partial charge on any atom is 0.142 e. The first-order chi connectivity index (χ1) is 9.27. The van der Waals surface area contributed by atoms with E-state index in [1.54, 1.807) is 19.5 Å². The third kappa shape index (κ3) is 3.03. The van der Waals surface area contributed by atoms with Crippen LogP contribution in [0, 0.1) is 0 Å². The van der Waals surface area contributed by atoms with E-state index < -0.39 is 0 Å². The van der Waals surface area contributed by atoms with Gasteiger partial charge in [-0.05, 0) is 30.8 Å². The molecule has 1 atom stereocenters. The van der Waals surface area contributed by atoms with Crippen molar-refractivity contribution in [1.29, 1.82) is 0 Å². The van der Waals surface area contributed by atoms with E-state index in [4.69, 9.17) is 16.3 Å². The lowest BCUT2D eigenvalue weighted by Gasteiger charge is -2.19. The molecule has 100 valence electrons. The zero-order valence-electron chi connectivity index (χ0n) is 10.9. The molecule has 0 aliphatic carbocycles. The van der Waals surface area contributed by atoms with Gasteiger partial charge < -0.3 is 10.1 Å². The summed E-state index contributed by atoms with van der Waals surface area (Å²) in [5.41, 5.74) is 1.54. The summed E-state index contributed by atoms with van der Waals surface area (Å²) < 4.78 is 5.36. The molecule has 0 radical (unpaired) electrons. The first-order valence-electron chi connectivity index (χ1n) is 6.10. The van der Waals surface area contributed by atoms with Gasteiger partial charge in [0.1, 0.15) is 11.4 Å². The first kappa shape index (κ1) is 13.8. The summed E-state index contributed by atoms with van der Waals surface area (Å²) in [6.07, 6.45) is 3.46. The zero-order valence-corrected chi connectivity index (χ0v) is 11.7. The maximum atomic E-state index is 6.23. The SMILES string of the molecule is CCNC(c1ncccc1Cl)c1ncccc1OC. The summed E-state index contributed by atoms with van der Waals surface area (Å²) in [4.78, 5) is 8.76. The lowest BCUT2D eigenvalue weighted by atomic mass is 10.1. The highest BCUT2D eigenvalue weighted by molar-refractivity contribution is 6.31. The number of rotatable bonds is 5. The van der Waals surface area contributed by atoms with Gasteiger partial charge in [-0.15, -0.1) is 0 Å². The molecule has 0 aliphatic heterocycles. The molecule has 5 heteroatoms. The van der Waals surface area contributed by atoms with Crippen LogP contribution in [0.5, 0.6) is 5.75 Å². The van der Waals surface area contributed by atoms with Crippen molar-refractivity contribution in [2.24, 2.45) is 0 Å². The molecule has 19 heavy (non-hydrogen) atoms. The van der Waals surface area contributed by atoms with Crippen molar-refractivity contribution < 1.29 is 4.74 Å². The number of hydrogen-bond donors (Lipinski definition) is 1. The summed E-state index contributed by atoms with van der Waals surface area (Å²) in [6, 6.07) is 7.16. The highest BCUT2D eigenvalue weighted by atomic mass is 35.5. The van der Waals surface area contributed by atoms with E-state index in [0.29, 0.717) is 5.02 Å². The molecule has 2 rings (SSSR count). The van der Waals surface area contributed by atoms with Crippen LogP contribution >= 0.6 is 11.6 Å². The molecule has 0 saturated carbocycles. The smallest absolute Gasteiger partial charge is 0.142 e. The molecule has 2 heterocycles. The molecule has 0 aliphatic rings. The summed E-state index contributed by atoms with van der Waals surface area (Å²) in [6.45, 7) is 2.80. The summed E-state index contributed by atoms with van der Waals surface area (Å²) in [5.74, 6) is 0.718. The highest BCUT2D eigenvalue weighted by Crippen LogP contribution is 2.30. The Bertz CT molecular complexity index is 548. The second-order valence-electron chi connectivity index (χ2n) is 3.95. The van der Waals surface area contributed by atoms with E-state index >= 15 is 0 Å². The quantitative estimate of drug-likeness (QED) is 0.913. The van der Waals surface area contributed by atoms with Crippen LogP contribution in [0.25, 0.3) is 0 Å². The van der Waals surface area contributed by atoms with Gasteiger partial charge in [-0.3, -0.25) is 9.97 Å². The predicted molar refractivity (Wildman–Crippen MR) is 75.6 cm³/mol. The Morgan fingerprint density at radius 1 is 1.21 bits per heavy atom. The number of aromatic nitrogens is 2. The third-order valence-electron chi connectivity index (χ3n) is 2.76. The molecule has 0 saturated heterocycles. The van der Waals surface area contributed by atoms with E-state index in [-0.39, 0.29) is 6.04 Å². The van der Waals surface area contributed by atoms with Crippen LogP contribution in [-0.4, -0.2) is 23.6 Å². The van der Waals surface area contributed by atoms with Crippen LogP contribution in [0.1, 0.15) is 24.4 Å². The van der Waals surface area contributed by atoms with Crippen LogP contribution in [0.4, 0.5) is 0 Å². The minimum absolute atomic E-state index is 0.185. The number of hydrogen-bond acceptors (Lipinski definition) is 4. The van der Waals surface area contributed by atoms with Crippen LogP contribution in [0.15, 0.2) is 36.7 Å². The van der Waals surface area contributed by atoms with Gasteiger partial charge in [0.15, 0.2) is 0 Å². The monoisotopic (exact) mass is 277 g/mol. The summed E-state index contributed by atoms with van der Waals surface area (Å²) >= 11 is 6.23. The van der Waals surface area contributed by atoms with Crippen molar-refractivity contribution >= 4 is 11.6 Å². The zero-order chi connectivity index (χ0) is 13.7. The van der Waals surface area contributed by atoms with Gasteiger partial charge >= 0.3 is 0 Å². The van der Waals surface area contributed by atoms with Gasteiger partial charge in [-0.1, -0.05) is 18.5 Å². The summed E-state index contributed by atoms with van der Waals surface area (Å²) in [7, 11) is 1.63. The number of pyridine rings is 2. The van der Waals surface area contributed by atoms with Crippen molar-refractivity contribution in [1.82, 2.24) is 15.3 Å². The number of nitrogens with one attached hydrogen (secondary N) is 1. The molecule has 0 fully saturated rings. The molecule has 0 aromatic carbocycles. The number of nitrogens with zero attached hydrogens (tertiary/aromatic N) is 2. The molecule has 2 aromatic rings. The predicted octanol–water partition coefficient (Wildman–Crippen LogP) is 2.84. The average molecular weight is 278 g/mol. The van der Waals surface area contributed by atoms with E-state index in [9.17, 15) is 0 Å². The maximum absolute atomic E-state index is 6.23. The second kappa shape index (κ2) is 6.50. The molecule has 0 amide bonds. The van der Waals surface area contributed by atoms with Crippen molar-refractivity contribution in [3.05, 3.63) is 53.1 Å². The molecule has 1 unspecified atom stereocenters. The van der Waals surface area contributed by atoms with E-state index in [0.717, 1.165) is 23.7 Å². The Labute approximate surface area is 117 Å². The highest BCUT2D eigenvalue weighted by Gasteiger charge is 2.22. The average Bonchev–Trinajstić information content (AvgIpc) is 2.46. The fourth-order valence-corrected chi connectivity index (χ4v) is 2.16. The standard InChI is InChI=1S/C14H16ClN3O/c1-3-16-14(12-10(15)6-4-8-17-12)13-11(19-2)7-5-9-18-13/h4-9,14,16H,3H2,1-2H3. The third-order valence-corrected chi connectivity index (χ3v) is 3.08. The Morgan fingerprint density at radius 2 is 1.89 bits per heavy atom. The van der Waals surface area contributed by atoms with Crippen LogP contribution in [-0.2, 0) is 0 Å². The van der Waals surface area contributed by atoms with Gasteiger partial charge in [0.05, 0.1) is 23.9 Å². The van der Waals surface area contributed by atoms with E-state index in [1.165, 1.54) is 0 Å². The minimum atomic E-state index is -0.185. The fourth-order valence-electron chi connectivity index (χ4n) is 1.93. The molecule has 1 N–H and O–H groups in total. The minimum Gasteiger partial charge on any atom is -0.495 e. The van der Waals surface area contributed by atoms with Crippen LogP contribution < -0.4 is 10.1 Å². The molecule has 4 nitrogen and oxygen atoms in total. The normalized spacial score (nSPS) is 12.2. The fraction of sp³-hybridized carbons (Fsp3) is 0.286. The van der Waals surface area contributed by atoms with E-state index in [1.807, 2.05) is 31.2 Å². The Balaban J connectivity index is 2.49. The first-order valence-corrected chi connectivity index (χ1v) is 6.48. The van der Waals surface area contributed by atoms with Crippen molar-refractivity contribution in [3.63, 3.8) is 0 Å². The van der Waals surface area contributed by atoms with Crippen molar-refractivity contribution in [3.8, 4) is 5.75 Å². The number of ether oxygens (including phenoxy) is 1. The molecular formula is C14H16ClN3O. The molecule has 0 spiro atoms. The van der Waals surface area contributed by atoms with Gasteiger partial charge in [-0.25, -0.2) is 0 Å². The topological polar surface area (TPSA) is 47.0 Å².